The Morgan fingerprint density at radius 2 is 1.67 bits per heavy atom. The number of ketones is 2. The summed E-state index contributed by atoms with van der Waals surface area (Å²) in [6.07, 6.45) is 0. The van der Waals surface area contributed by atoms with Gasteiger partial charge in [0.25, 0.3) is 0 Å². The van der Waals surface area contributed by atoms with E-state index in [4.69, 9.17) is 4.74 Å². The summed E-state index contributed by atoms with van der Waals surface area (Å²) in [6, 6.07) is 7.01. The third-order valence-electron chi connectivity index (χ3n) is 5.51. The Balaban J connectivity index is 1.50. The predicted octanol–water partition coefficient (Wildman–Crippen LogP) is 1.16. The first kappa shape index (κ1) is 20.1. The van der Waals surface area contributed by atoms with Gasteiger partial charge in [-0.25, -0.2) is 0 Å². The molecule has 0 unspecified atom stereocenters. The molecule has 1 aliphatic heterocycles. The molecule has 1 fully saturated rings. The zero-order valence-electron chi connectivity index (χ0n) is 16.6. The molecule has 0 atom stereocenters. The number of likely N-dealkylation sites (N-methyl/N-ethyl adjacent to an activating group) is 1. The Morgan fingerprint density at radius 3 is 2.40 bits per heavy atom. The highest BCUT2D eigenvalue weighted by molar-refractivity contribution is 6.30. The topological polar surface area (TPSA) is 107 Å². The van der Waals surface area contributed by atoms with E-state index in [9.17, 15) is 24.6 Å². The van der Waals surface area contributed by atoms with Crippen LogP contribution in [0.3, 0.4) is 0 Å². The van der Waals surface area contributed by atoms with Gasteiger partial charge in [-0.2, -0.15) is 0 Å². The fourth-order valence-electron chi connectivity index (χ4n) is 3.82. The molecule has 8 nitrogen and oxygen atoms in total. The lowest BCUT2D eigenvalue weighted by atomic mass is 9.82. The van der Waals surface area contributed by atoms with Crippen molar-refractivity contribution < 1.29 is 29.3 Å². The molecule has 156 valence electrons. The van der Waals surface area contributed by atoms with Crippen LogP contribution in [0.2, 0.25) is 0 Å². The van der Waals surface area contributed by atoms with Crippen LogP contribution in [0, 0.1) is 0 Å². The van der Waals surface area contributed by atoms with Crippen molar-refractivity contribution in [3.8, 4) is 11.5 Å². The molecular weight excluding hydrogens is 388 g/mol. The lowest BCUT2D eigenvalue weighted by Crippen LogP contribution is -2.46. The maximum Gasteiger partial charge on any atom is 0.320 e. The van der Waals surface area contributed by atoms with E-state index < -0.39 is 17.5 Å². The number of fused-ring (bicyclic) bond motifs is 2. The standard InChI is InChI=1S/C22H22N2O6/c1-23-5-7-24(8-6-23)11-18(27)30-12-13-9-15-20(17(26)10-13)22(29)19-14(21(15)28)3-2-4-16(19)25/h2-4,9-10,25-26H,5-8,11-12H2,1H3. The second-order valence-electron chi connectivity index (χ2n) is 7.64. The number of aromatic hydroxyl groups is 2. The van der Waals surface area contributed by atoms with Crippen LogP contribution < -0.4 is 0 Å². The number of esters is 1. The molecule has 4 rings (SSSR count). The van der Waals surface area contributed by atoms with Crippen molar-refractivity contribution in [1.82, 2.24) is 9.80 Å². The zero-order chi connectivity index (χ0) is 21.4. The molecule has 1 saturated heterocycles. The first-order valence-corrected chi connectivity index (χ1v) is 9.69. The minimum absolute atomic E-state index is 0.0308. The highest BCUT2D eigenvalue weighted by Crippen LogP contribution is 2.37. The van der Waals surface area contributed by atoms with Gasteiger partial charge in [0, 0.05) is 37.3 Å². The van der Waals surface area contributed by atoms with Gasteiger partial charge < -0.3 is 19.8 Å². The summed E-state index contributed by atoms with van der Waals surface area (Å²) in [5.41, 5.74) is 0.250. The Bertz CT molecular complexity index is 1040. The Hall–Kier alpha value is -3.23. The maximum atomic E-state index is 12.8. The average molecular weight is 410 g/mol. The van der Waals surface area contributed by atoms with E-state index in [0.717, 1.165) is 26.2 Å². The fraction of sp³-hybridized carbons (Fsp3) is 0.318. The summed E-state index contributed by atoms with van der Waals surface area (Å²) in [5, 5.41) is 20.4. The van der Waals surface area contributed by atoms with E-state index in [2.05, 4.69) is 4.90 Å². The van der Waals surface area contributed by atoms with E-state index in [1.54, 1.807) is 0 Å². The van der Waals surface area contributed by atoms with Crippen LogP contribution in [0.15, 0.2) is 30.3 Å². The van der Waals surface area contributed by atoms with Crippen LogP contribution in [0.1, 0.15) is 37.4 Å². The molecule has 0 aromatic heterocycles. The highest BCUT2D eigenvalue weighted by Gasteiger charge is 2.34. The number of hydrogen-bond donors (Lipinski definition) is 2. The quantitative estimate of drug-likeness (QED) is 0.617. The predicted molar refractivity (Wildman–Crippen MR) is 107 cm³/mol. The van der Waals surface area contributed by atoms with E-state index in [-0.39, 0.29) is 46.9 Å². The maximum absolute atomic E-state index is 12.8. The molecule has 8 heteroatoms. The lowest BCUT2D eigenvalue weighted by molar-refractivity contribution is -0.146. The molecule has 0 amide bonds. The third-order valence-corrected chi connectivity index (χ3v) is 5.51. The molecule has 2 N–H and O–H groups in total. The Labute approximate surface area is 173 Å². The summed E-state index contributed by atoms with van der Waals surface area (Å²) < 4.78 is 5.31. The third kappa shape index (κ3) is 3.67. The molecule has 1 aliphatic carbocycles. The van der Waals surface area contributed by atoms with Crippen molar-refractivity contribution in [2.45, 2.75) is 6.61 Å². The number of carbonyl (C=O) groups is 3. The largest absolute Gasteiger partial charge is 0.507 e. The van der Waals surface area contributed by atoms with E-state index in [1.165, 1.54) is 30.3 Å². The van der Waals surface area contributed by atoms with Crippen LogP contribution in [0.25, 0.3) is 0 Å². The van der Waals surface area contributed by atoms with E-state index >= 15 is 0 Å². The molecule has 0 spiro atoms. The van der Waals surface area contributed by atoms with Gasteiger partial charge in [-0.05, 0) is 30.8 Å². The minimum atomic E-state index is -0.617. The van der Waals surface area contributed by atoms with Crippen molar-refractivity contribution in [2.24, 2.45) is 0 Å². The number of phenols is 2. The summed E-state index contributed by atoms with van der Waals surface area (Å²) in [5.74, 6) is -2.18. The van der Waals surface area contributed by atoms with Gasteiger partial charge in [0.2, 0.25) is 5.78 Å². The summed E-state index contributed by atoms with van der Waals surface area (Å²) in [7, 11) is 2.03. The van der Waals surface area contributed by atoms with Crippen LogP contribution >= 0.6 is 0 Å². The second-order valence-corrected chi connectivity index (χ2v) is 7.64. The highest BCUT2D eigenvalue weighted by atomic mass is 16.5. The SMILES string of the molecule is CN1CCN(CC(=O)OCc2cc(O)c3c(c2)C(=O)c2cccc(O)c2C3=O)CC1. The number of hydrogen-bond acceptors (Lipinski definition) is 8. The van der Waals surface area contributed by atoms with Crippen LogP contribution in [-0.4, -0.2) is 77.3 Å². The summed E-state index contributed by atoms with van der Waals surface area (Å²) >= 11 is 0. The molecular formula is C22H22N2O6. The van der Waals surface area contributed by atoms with Crippen molar-refractivity contribution in [3.63, 3.8) is 0 Å². The van der Waals surface area contributed by atoms with Crippen LogP contribution in [0.4, 0.5) is 0 Å². The number of phenolic OH excluding ortho intramolecular Hbond substituents is 2. The first-order valence-electron chi connectivity index (χ1n) is 9.69. The van der Waals surface area contributed by atoms with Crippen LogP contribution in [0.5, 0.6) is 11.5 Å². The molecule has 0 saturated carbocycles. The normalized spacial score (nSPS) is 16.8. The molecule has 2 aliphatic rings. The van der Waals surface area contributed by atoms with Gasteiger partial charge in [-0.1, -0.05) is 12.1 Å². The van der Waals surface area contributed by atoms with Crippen molar-refractivity contribution in [2.75, 3.05) is 39.8 Å². The summed E-state index contributed by atoms with van der Waals surface area (Å²) in [4.78, 5) is 42.0. The number of piperazine rings is 1. The number of ether oxygens (including phenoxy) is 1. The zero-order valence-corrected chi connectivity index (χ0v) is 16.6. The number of carbonyl (C=O) groups excluding carboxylic acids is 3. The van der Waals surface area contributed by atoms with E-state index in [1.807, 2.05) is 11.9 Å². The first-order chi connectivity index (χ1) is 14.3. The average Bonchev–Trinajstić information content (AvgIpc) is 2.71. The molecule has 2 aromatic rings. The van der Waals surface area contributed by atoms with Crippen LogP contribution in [-0.2, 0) is 16.1 Å². The van der Waals surface area contributed by atoms with Gasteiger partial charge >= 0.3 is 5.97 Å². The lowest BCUT2D eigenvalue weighted by Gasteiger charge is -2.31. The molecule has 2 aromatic carbocycles. The molecule has 30 heavy (non-hydrogen) atoms. The molecule has 0 bridgehead atoms. The van der Waals surface area contributed by atoms with Crippen molar-refractivity contribution in [1.29, 1.82) is 0 Å². The minimum Gasteiger partial charge on any atom is -0.507 e. The van der Waals surface area contributed by atoms with E-state index in [0.29, 0.717) is 5.56 Å². The van der Waals surface area contributed by atoms with Gasteiger partial charge in [-0.3, -0.25) is 19.3 Å². The molecule has 0 radical (unpaired) electrons. The fourth-order valence-corrected chi connectivity index (χ4v) is 3.82. The van der Waals surface area contributed by atoms with Gasteiger partial charge in [-0.15, -0.1) is 0 Å². The van der Waals surface area contributed by atoms with Gasteiger partial charge in [0.1, 0.15) is 18.1 Å². The Kier molecular flexibility index (Phi) is 5.27. The monoisotopic (exact) mass is 410 g/mol. The van der Waals surface area contributed by atoms with Gasteiger partial charge in [0.05, 0.1) is 17.7 Å². The second kappa shape index (κ2) is 7.89. The smallest absolute Gasteiger partial charge is 0.320 e. The number of nitrogens with zero attached hydrogens (tertiary/aromatic N) is 2. The van der Waals surface area contributed by atoms with Crippen molar-refractivity contribution in [3.05, 3.63) is 58.1 Å². The summed E-state index contributed by atoms with van der Waals surface area (Å²) in [6.45, 7) is 3.40. The Morgan fingerprint density at radius 1 is 0.967 bits per heavy atom. The molecule has 1 heterocycles. The van der Waals surface area contributed by atoms with Crippen molar-refractivity contribution >= 4 is 17.5 Å². The number of rotatable bonds is 4. The van der Waals surface area contributed by atoms with Gasteiger partial charge in [0.15, 0.2) is 5.78 Å². The number of benzene rings is 2.